The Kier molecular flexibility index (Phi) is 6.40. The predicted molar refractivity (Wildman–Crippen MR) is 106 cm³/mol. The smallest absolute Gasteiger partial charge is 0.238 e. The zero-order valence-corrected chi connectivity index (χ0v) is 16.4. The Balaban J connectivity index is 1.45. The average molecular weight is 420 g/mol. The summed E-state index contributed by atoms with van der Waals surface area (Å²) in [5, 5.41) is 2.65. The lowest BCUT2D eigenvalue weighted by atomic mass is 10.1. The van der Waals surface area contributed by atoms with Gasteiger partial charge >= 0.3 is 0 Å². The quantitative estimate of drug-likeness (QED) is 0.802. The van der Waals surface area contributed by atoms with Crippen molar-refractivity contribution in [2.24, 2.45) is 0 Å². The van der Waals surface area contributed by atoms with Crippen molar-refractivity contribution in [1.29, 1.82) is 0 Å². The van der Waals surface area contributed by atoms with E-state index < -0.39 is 5.82 Å². The van der Waals surface area contributed by atoms with Crippen molar-refractivity contribution in [3.8, 4) is 0 Å². The normalized spacial score (nSPS) is 15.8. The number of halogens is 2. The van der Waals surface area contributed by atoms with Gasteiger partial charge in [-0.05, 0) is 30.7 Å². The number of carbonyl (C=O) groups is 1. The molecule has 4 nitrogen and oxygen atoms in total. The van der Waals surface area contributed by atoms with Gasteiger partial charge in [0.25, 0.3) is 0 Å². The summed E-state index contributed by atoms with van der Waals surface area (Å²) in [7, 11) is 0. The molecule has 1 N–H and O–H groups in total. The van der Waals surface area contributed by atoms with Crippen LogP contribution in [0.2, 0.25) is 0 Å². The largest absolute Gasteiger partial charge is 0.322 e. The molecule has 138 valence electrons. The number of nitrogens with one attached hydrogen (secondary N) is 1. The number of amides is 1. The van der Waals surface area contributed by atoms with Crippen LogP contribution in [0.15, 0.2) is 46.9 Å². The molecule has 0 atom stereocenters. The lowest BCUT2D eigenvalue weighted by Gasteiger charge is -2.34. The van der Waals surface area contributed by atoms with E-state index in [1.54, 1.807) is 12.1 Å². The minimum atomic E-state index is -0.435. The second-order valence-corrected chi connectivity index (χ2v) is 7.63. The van der Waals surface area contributed by atoms with Gasteiger partial charge in [0.15, 0.2) is 0 Å². The van der Waals surface area contributed by atoms with E-state index in [-0.39, 0.29) is 18.1 Å². The molecule has 1 aliphatic rings. The third-order valence-electron chi connectivity index (χ3n) is 4.53. The number of benzene rings is 2. The average Bonchev–Trinajstić information content (AvgIpc) is 2.59. The first-order chi connectivity index (χ1) is 12.5. The fourth-order valence-electron chi connectivity index (χ4n) is 3.16. The number of aryl methyl sites for hydroxylation is 1. The summed E-state index contributed by atoms with van der Waals surface area (Å²) >= 11 is 3.21. The SMILES string of the molecule is Cc1cccc(CN2CCN(CC(=O)Nc3ccc(Br)cc3F)CC2)c1. The molecule has 0 aromatic heterocycles. The Morgan fingerprint density at radius 2 is 1.85 bits per heavy atom. The third kappa shape index (κ3) is 5.37. The zero-order valence-electron chi connectivity index (χ0n) is 14.8. The maximum Gasteiger partial charge on any atom is 0.238 e. The van der Waals surface area contributed by atoms with Crippen molar-refractivity contribution >= 4 is 27.5 Å². The number of carbonyl (C=O) groups excluding carboxylic acids is 1. The first-order valence-corrected chi connectivity index (χ1v) is 9.54. The van der Waals surface area contributed by atoms with Gasteiger partial charge in [0.05, 0.1) is 12.2 Å². The summed E-state index contributed by atoms with van der Waals surface area (Å²) in [6.07, 6.45) is 0. The molecular weight excluding hydrogens is 397 g/mol. The Morgan fingerprint density at radius 3 is 2.54 bits per heavy atom. The van der Waals surface area contributed by atoms with Crippen LogP contribution in [0.4, 0.5) is 10.1 Å². The van der Waals surface area contributed by atoms with E-state index in [0.717, 1.165) is 32.7 Å². The Bertz CT molecular complexity index is 775. The maximum atomic E-state index is 13.8. The van der Waals surface area contributed by atoms with Gasteiger partial charge in [-0.1, -0.05) is 45.8 Å². The van der Waals surface area contributed by atoms with E-state index in [1.165, 1.54) is 17.2 Å². The Morgan fingerprint density at radius 1 is 1.12 bits per heavy atom. The van der Waals surface area contributed by atoms with Crippen molar-refractivity contribution in [2.45, 2.75) is 13.5 Å². The molecule has 1 amide bonds. The molecule has 0 bridgehead atoms. The molecule has 2 aromatic carbocycles. The second kappa shape index (κ2) is 8.75. The van der Waals surface area contributed by atoms with Crippen LogP contribution in [-0.2, 0) is 11.3 Å². The van der Waals surface area contributed by atoms with Gasteiger partial charge in [-0.25, -0.2) is 4.39 Å². The van der Waals surface area contributed by atoms with Crippen molar-refractivity contribution in [2.75, 3.05) is 38.0 Å². The highest BCUT2D eigenvalue weighted by atomic mass is 79.9. The molecule has 6 heteroatoms. The maximum absolute atomic E-state index is 13.8. The highest BCUT2D eigenvalue weighted by Crippen LogP contribution is 2.19. The first kappa shape index (κ1) is 19.0. The molecule has 2 aromatic rings. The summed E-state index contributed by atoms with van der Waals surface area (Å²) in [5.41, 5.74) is 2.82. The molecule has 1 saturated heterocycles. The van der Waals surface area contributed by atoms with Gasteiger partial charge in [-0.15, -0.1) is 0 Å². The highest BCUT2D eigenvalue weighted by Gasteiger charge is 2.19. The molecule has 0 aliphatic carbocycles. The van der Waals surface area contributed by atoms with Crippen molar-refractivity contribution in [3.05, 3.63) is 63.9 Å². The molecule has 1 aliphatic heterocycles. The van der Waals surface area contributed by atoms with Crippen LogP contribution in [0, 0.1) is 12.7 Å². The van der Waals surface area contributed by atoms with Crippen LogP contribution >= 0.6 is 15.9 Å². The van der Waals surface area contributed by atoms with E-state index in [4.69, 9.17) is 0 Å². The Labute approximate surface area is 162 Å². The molecule has 0 radical (unpaired) electrons. The standard InChI is InChI=1S/C20H23BrFN3O/c1-15-3-2-4-16(11-15)13-24-7-9-25(10-8-24)14-20(26)23-19-6-5-17(21)12-18(19)22/h2-6,11-12H,7-10,13-14H2,1H3,(H,23,26). The van der Waals surface area contributed by atoms with Gasteiger partial charge in [0, 0.05) is 37.2 Å². The van der Waals surface area contributed by atoms with Crippen LogP contribution in [0.5, 0.6) is 0 Å². The molecule has 3 rings (SSSR count). The van der Waals surface area contributed by atoms with Crippen LogP contribution in [-0.4, -0.2) is 48.4 Å². The molecule has 0 saturated carbocycles. The van der Waals surface area contributed by atoms with Gasteiger partial charge in [-0.2, -0.15) is 0 Å². The zero-order chi connectivity index (χ0) is 18.5. The lowest BCUT2D eigenvalue weighted by molar-refractivity contribution is -0.117. The summed E-state index contributed by atoms with van der Waals surface area (Å²) in [5.74, 6) is -0.617. The number of anilines is 1. The molecular formula is C20H23BrFN3O. The molecule has 0 spiro atoms. The number of rotatable bonds is 5. The van der Waals surface area contributed by atoms with E-state index in [9.17, 15) is 9.18 Å². The van der Waals surface area contributed by atoms with Crippen molar-refractivity contribution in [3.63, 3.8) is 0 Å². The van der Waals surface area contributed by atoms with Gasteiger partial charge in [-0.3, -0.25) is 14.6 Å². The number of hydrogen-bond donors (Lipinski definition) is 1. The van der Waals surface area contributed by atoms with Crippen LogP contribution < -0.4 is 5.32 Å². The van der Waals surface area contributed by atoms with Gasteiger partial charge in [0.2, 0.25) is 5.91 Å². The minimum absolute atomic E-state index is 0.182. The van der Waals surface area contributed by atoms with E-state index in [0.29, 0.717) is 4.47 Å². The minimum Gasteiger partial charge on any atom is -0.322 e. The van der Waals surface area contributed by atoms with Crippen molar-refractivity contribution in [1.82, 2.24) is 9.80 Å². The van der Waals surface area contributed by atoms with E-state index in [2.05, 4.69) is 62.2 Å². The van der Waals surface area contributed by atoms with E-state index >= 15 is 0 Å². The van der Waals surface area contributed by atoms with Gasteiger partial charge < -0.3 is 5.32 Å². The van der Waals surface area contributed by atoms with Crippen LogP contribution in [0.25, 0.3) is 0 Å². The molecule has 1 heterocycles. The molecule has 1 fully saturated rings. The van der Waals surface area contributed by atoms with Gasteiger partial charge in [0.1, 0.15) is 5.82 Å². The monoisotopic (exact) mass is 419 g/mol. The number of piperazine rings is 1. The summed E-state index contributed by atoms with van der Waals surface area (Å²) < 4.78 is 14.5. The lowest BCUT2D eigenvalue weighted by Crippen LogP contribution is -2.48. The summed E-state index contributed by atoms with van der Waals surface area (Å²) in [6.45, 7) is 6.85. The number of hydrogen-bond acceptors (Lipinski definition) is 3. The summed E-state index contributed by atoms with van der Waals surface area (Å²) in [6, 6.07) is 13.2. The summed E-state index contributed by atoms with van der Waals surface area (Å²) in [4.78, 5) is 16.7. The third-order valence-corrected chi connectivity index (χ3v) is 5.02. The highest BCUT2D eigenvalue weighted by molar-refractivity contribution is 9.10. The van der Waals surface area contributed by atoms with Crippen LogP contribution in [0.3, 0.4) is 0 Å². The fourth-order valence-corrected chi connectivity index (χ4v) is 3.49. The first-order valence-electron chi connectivity index (χ1n) is 8.75. The fraction of sp³-hybridized carbons (Fsp3) is 0.350. The predicted octanol–water partition coefficient (Wildman–Crippen LogP) is 3.65. The van der Waals surface area contributed by atoms with Crippen molar-refractivity contribution < 1.29 is 9.18 Å². The molecule has 0 unspecified atom stereocenters. The van der Waals surface area contributed by atoms with E-state index in [1.807, 2.05) is 0 Å². The number of nitrogens with zero attached hydrogens (tertiary/aromatic N) is 2. The second-order valence-electron chi connectivity index (χ2n) is 6.71. The molecule has 26 heavy (non-hydrogen) atoms. The Hall–Kier alpha value is -1.76. The topological polar surface area (TPSA) is 35.6 Å². The van der Waals surface area contributed by atoms with Crippen LogP contribution in [0.1, 0.15) is 11.1 Å².